The van der Waals surface area contributed by atoms with Crippen molar-refractivity contribution >= 4 is 17.6 Å². The first-order chi connectivity index (χ1) is 13.7. The Balaban J connectivity index is 1.94. The number of alkyl halides is 1. The molecule has 0 N–H and O–H groups in total. The van der Waals surface area contributed by atoms with Gasteiger partial charge in [-0.15, -0.1) is 0 Å². The van der Waals surface area contributed by atoms with Crippen molar-refractivity contribution in [1.82, 2.24) is 0 Å². The molecule has 0 amide bonds. The number of halogens is 1. The lowest BCUT2D eigenvalue weighted by atomic mass is 10.0. The smallest absolute Gasteiger partial charge is 0.307 e. The van der Waals surface area contributed by atoms with Crippen LogP contribution in [0, 0.1) is 0 Å². The molecule has 0 aliphatic carbocycles. The second-order valence-electron chi connectivity index (χ2n) is 7.57. The molecule has 1 atom stereocenters. The summed E-state index contributed by atoms with van der Waals surface area (Å²) in [6, 6.07) is 7.25. The van der Waals surface area contributed by atoms with Gasteiger partial charge >= 0.3 is 5.97 Å². The zero-order valence-corrected chi connectivity index (χ0v) is 18.6. The highest BCUT2D eigenvalue weighted by Gasteiger charge is 2.13. The number of hydrogen-bond acceptors (Lipinski definition) is 3. The highest BCUT2D eigenvalue weighted by molar-refractivity contribution is 6.20. The van der Waals surface area contributed by atoms with Crippen LogP contribution in [0.3, 0.4) is 0 Å². The molecule has 0 saturated heterocycles. The fraction of sp³-hybridized carbons (Fsp3) is 0.708. The first-order valence-corrected chi connectivity index (χ1v) is 11.6. The molecule has 28 heavy (non-hydrogen) atoms. The molecule has 0 aliphatic rings. The predicted molar refractivity (Wildman–Crippen MR) is 118 cm³/mol. The highest BCUT2D eigenvalue weighted by atomic mass is 35.5. The van der Waals surface area contributed by atoms with Gasteiger partial charge in [0.25, 0.3) is 0 Å². The lowest BCUT2D eigenvalue weighted by Crippen LogP contribution is -2.07. The molecule has 1 unspecified atom stereocenters. The average molecular weight is 411 g/mol. The molecule has 0 radical (unpaired) electrons. The van der Waals surface area contributed by atoms with Crippen LogP contribution < -0.4 is 4.74 Å². The van der Waals surface area contributed by atoms with E-state index in [1.54, 1.807) is 7.11 Å². The van der Waals surface area contributed by atoms with Gasteiger partial charge in [-0.1, -0.05) is 108 Å². The Morgan fingerprint density at radius 2 is 1.29 bits per heavy atom. The molecule has 3 nitrogen and oxygen atoms in total. The molecule has 0 spiro atoms. The summed E-state index contributed by atoms with van der Waals surface area (Å²) < 4.78 is 10.4. The van der Waals surface area contributed by atoms with Crippen molar-refractivity contribution in [3.63, 3.8) is 0 Å². The third-order valence-corrected chi connectivity index (χ3v) is 5.44. The molecule has 1 aromatic rings. The largest absolute Gasteiger partial charge is 0.497 e. The fourth-order valence-electron chi connectivity index (χ4n) is 3.28. The Kier molecular flexibility index (Phi) is 14.8. The number of methoxy groups -OCH3 is 1. The number of carbonyl (C=O) groups is 1. The second kappa shape index (κ2) is 16.7. The van der Waals surface area contributed by atoms with E-state index in [0.29, 0.717) is 6.42 Å². The number of benzene rings is 1. The van der Waals surface area contributed by atoms with Gasteiger partial charge < -0.3 is 9.47 Å². The van der Waals surface area contributed by atoms with Crippen molar-refractivity contribution in [2.24, 2.45) is 0 Å². The number of ether oxygens (including phenoxy) is 2. The van der Waals surface area contributed by atoms with Gasteiger partial charge in [0.15, 0.2) is 0 Å². The van der Waals surface area contributed by atoms with E-state index in [0.717, 1.165) is 24.2 Å². The van der Waals surface area contributed by atoms with Crippen molar-refractivity contribution in [2.75, 3.05) is 7.11 Å². The Bertz CT molecular complexity index is 501. The molecule has 0 heterocycles. The standard InChI is InChI=1S/C24H39ClO3/c1-3-4-5-6-7-8-9-10-11-12-13-14-15-16-23(26)28-24(25)21-17-19-22(27-2)20-18-21/h17-20,24H,3-16H2,1-2H3. The summed E-state index contributed by atoms with van der Waals surface area (Å²) in [6.45, 7) is 2.26. The Hall–Kier alpha value is -1.22. The van der Waals surface area contributed by atoms with E-state index in [1.165, 1.54) is 70.6 Å². The highest BCUT2D eigenvalue weighted by Crippen LogP contribution is 2.25. The third-order valence-electron chi connectivity index (χ3n) is 5.10. The van der Waals surface area contributed by atoms with Crippen LogP contribution in [0.5, 0.6) is 5.75 Å². The predicted octanol–water partition coefficient (Wildman–Crippen LogP) is 7.96. The van der Waals surface area contributed by atoms with E-state index >= 15 is 0 Å². The number of carbonyl (C=O) groups excluding carboxylic acids is 1. The molecule has 160 valence electrons. The monoisotopic (exact) mass is 410 g/mol. The number of hydrogen-bond donors (Lipinski definition) is 0. The van der Waals surface area contributed by atoms with Crippen LogP contribution >= 0.6 is 11.6 Å². The molecular formula is C24H39ClO3. The van der Waals surface area contributed by atoms with Crippen LogP contribution in [0.25, 0.3) is 0 Å². The molecule has 0 bridgehead atoms. The Labute approximate surface area is 177 Å². The van der Waals surface area contributed by atoms with Crippen LogP contribution in [-0.4, -0.2) is 13.1 Å². The number of unbranched alkanes of at least 4 members (excludes halogenated alkanes) is 12. The van der Waals surface area contributed by atoms with E-state index in [4.69, 9.17) is 21.1 Å². The van der Waals surface area contributed by atoms with Gasteiger partial charge in [0.2, 0.25) is 5.56 Å². The molecule has 1 aromatic carbocycles. The summed E-state index contributed by atoms with van der Waals surface area (Å²) in [5.74, 6) is 0.532. The lowest BCUT2D eigenvalue weighted by molar-refractivity contribution is -0.145. The number of esters is 1. The second-order valence-corrected chi connectivity index (χ2v) is 7.97. The van der Waals surface area contributed by atoms with Crippen LogP contribution in [0.1, 0.15) is 108 Å². The van der Waals surface area contributed by atoms with Crippen LogP contribution in [0.15, 0.2) is 24.3 Å². The Morgan fingerprint density at radius 3 is 1.75 bits per heavy atom. The van der Waals surface area contributed by atoms with Crippen LogP contribution in [-0.2, 0) is 9.53 Å². The first-order valence-electron chi connectivity index (χ1n) is 11.1. The quantitative estimate of drug-likeness (QED) is 0.148. The van der Waals surface area contributed by atoms with Gasteiger partial charge in [-0.3, -0.25) is 4.79 Å². The first kappa shape index (κ1) is 24.8. The van der Waals surface area contributed by atoms with Crippen LogP contribution in [0.2, 0.25) is 0 Å². The molecule has 1 rings (SSSR count). The van der Waals surface area contributed by atoms with Crippen molar-refractivity contribution in [1.29, 1.82) is 0 Å². The van der Waals surface area contributed by atoms with Gasteiger partial charge in [0, 0.05) is 12.0 Å². The maximum Gasteiger partial charge on any atom is 0.307 e. The van der Waals surface area contributed by atoms with E-state index < -0.39 is 5.56 Å². The fourth-order valence-corrected chi connectivity index (χ4v) is 3.53. The summed E-state index contributed by atoms with van der Waals surface area (Å²) >= 11 is 6.17. The summed E-state index contributed by atoms with van der Waals surface area (Å²) in [7, 11) is 1.61. The third kappa shape index (κ3) is 12.3. The van der Waals surface area contributed by atoms with Gasteiger partial charge in [0.1, 0.15) is 5.75 Å². The summed E-state index contributed by atoms with van der Waals surface area (Å²) in [5.41, 5.74) is 0.0292. The maximum absolute atomic E-state index is 11.9. The number of rotatable bonds is 17. The molecule has 0 aromatic heterocycles. The van der Waals surface area contributed by atoms with Crippen molar-refractivity contribution in [3.8, 4) is 5.75 Å². The van der Waals surface area contributed by atoms with Gasteiger partial charge in [0.05, 0.1) is 7.11 Å². The van der Waals surface area contributed by atoms with E-state index in [9.17, 15) is 4.79 Å². The van der Waals surface area contributed by atoms with E-state index in [-0.39, 0.29) is 5.97 Å². The summed E-state index contributed by atoms with van der Waals surface area (Å²) in [5, 5.41) is 0. The van der Waals surface area contributed by atoms with Gasteiger partial charge in [-0.2, -0.15) is 0 Å². The lowest BCUT2D eigenvalue weighted by Gasteiger charge is -2.12. The summed E-state index contributed by atoms with van der Waals surface area (Å²) in [6.07, 6.45) is 17.3. The van der Waals surface area contributed by atoms with Gasteiger partial charge in [-0.05, 0) is 18.6 Å². The normalized spacial score (nSPS) is 12.0. The van der Waals surface area contributed by atoms with E-state index in [1.807, 2.05) is 24.3 Å². The SMILES string of the molecule is CCCCCCCCCCCCCCCC(=O)OC(Cl)c1ccc(OC)cc1. The maximum atomic E-state index is 11.9. The van der Waals surface area contributed by atoms with Crippen molar-refractivity contribution in [3.05, 3.63) is 29.8 Å². The van der Waals surface area contributed by atoms with Gasteiger partial charge in [-0.25, -0.2) is 0 Å². The zero-order chi connectivity index (χ0) is 20.5. The van der Waals surface area contributed by atoms with Crippen LogP contribution in [0.4, 0.5) is 0 Å². The van der Waals surface area contributed by atoms with E-state index in [2.05, 4.69) is 6.92 Å². The molecule has 4 heteroatoms. The topological polar surface area (TPSA) is 35.5 Å². The average Bonchev–Trinajstić information content (AvgIpc) is 2.71. The zero-order valence-electron chi connectivity index (χ0n) is 17.9. The molecule has 0 aliphatic heterocycles. The van der Waals surface area contributed by atoms with Crippen molar-refractivity contribution in [2.45, 2.75) is 102 Å². The molecule has 0 fully saturated rings. The Morgan fingerprint density at radius 1 is 0.821 bits per heavy atom. The minimum Gasteiger partial charge on any atom is -0.497 e. The molecule has 0 saturated carbocycles. The minimum absolute atomic E-state index is 0.223. The summed E-state index contributed by atoms with van der Waals surface area (Å²) in [4.78, 5) is 11.9. The van der Waals surface area contributed by atoms with Crippen molar-refractivity contribution < 1.29 is 14.3 Å². The molecular weight excluding hydrogens is 372 g/mol. The minimum atomic E-state index is -0.736.